The van der Waals surface area contributed by atoms with Crippen LogP contribution in [0.5, 0.6) is 5.75 Å². The molecule has 1 N–H and O–H groups in total. The van der Waals surface area contributed by atoms with Crippen molar-refractivity contribution in [1.82, 2.24) is 10.3 Å². The lowest BCUT2D eigenvalue weighted by Gasteiger charge is -2.31. The van der Waals surface area contributed by atoms with E-state index in [1.54, 1.807) is 12.1 Å². The molecule has 0 aliphatic rings. The van der Waals surface area contributed by atoms with E-state index in [0.717, 1.165) is 6.07 Å². The fourth-order valence-corrected chi connectivity index (χ4v) is 1.99. The third-order valence-corrected chi connectivity index (χ3v) is 3.58. The Morgan fingerprint density at radius 1 is 1.21 bits per heavy atom. The topological polar surface area (TPSA) is 51.2 Å². The fraction of sp³-hybridized carbons (Fsp3) is 0.333. The summed E-state index contributed by atoms with van der Waals surface area (Å²) in [6.45, 7) is 5.91. The zero-order valence-corrected chi connectivity index (χ0v) is 13.8. The summed E-state index contributed by atoms with van der Waals surface area (Å²) in [6, 6.07) is 8.19. The van der Waals surface area contributed by atoms with Gasteiger partial charge < -0.3 is 10.1 Å². The van der Waals surface area contributed by atoms with Gasteiger partial charge in [0, 0.05) is 6.20 Å². The quantitative estimate of drug-likeness (QED) is 0.850. The number of aromatic nitrogens is 1. The largest absolute Gasteiger partial charge is 0.488 e. The molecule has 2 aromatic rings. The number of carbonyl (C=O) groups excluding carboxylic acids is 1. The number of rotatable bonds is 5. The number of ether oxygens (including phenoxy) is 1. The lowest BCUT2D eigenvalue weighted by molar-refractivity contribution is 0.0860. The first-order valence-electron chi connectivity index (χ1n) is 7.57. The molecule has 1 unspecified atom stereocenters. The van der Waals surface area contributed by atoms with Crippen molar-refractivity contribution in [2.24, 2.45) is 5.41 Å². The Morgan fingerprint density at radius 2 is 1.92 bits per heavy atom. The van der Waals surface area contributed by atoms with Crippen molar-refractivity contribution in [2.75, 3.05) is 6.61 Å². The molecule has 0 aliphatic carbocycles. The second kappa shape index (κ2) is 7.38. The Morgan fingerprint density at radius 3 is 2.50 bits per heavy atom. The van der Waals surface area contributed by atoms with Crippen LogP contribution in [0.2, 0.25) is 0 Å². The number of pyridine rings is 1. The van der Waals surface area contributed by atoms with Gasteiger partial charge in [0.15, 0.2) is 11.6 Å². The van der Waals surface area contributed by atoms with E-state index in [-0.39, 0.29) is 35.3 Å². The highest BCUT2D eigenvalue weighted by molar-refractivity contribution is 5.94. The molecular weight excluding hydrogens is 314 g/mol. The molecule has 1 amide bonds. The molecule has 2 rings (SSSR count). The maximum atomic E-state index is 13.6. The van der Waals surface area contributed by atoms with Crippen LogP contribution in [0.25, 0.3) is 0 Å². The van der Waals surface area contributed by atoms with E-state index in [4.69, 9.17) is 4.74 Å². The standard InChI is InChI=1S/C18H20F2N2O2/c1-18(2,3)15(11-24-14-7-5-4-6-13(14)19)22-17(23)12-8-9-16(20)21-10-12/h4-10,15H,11H2,1-3H3,(H,22,23). The first kappa shape index (κ1) is 17.8. The number of nitrogens with one attached hydrogen (secondary N) is 1. The van der Waals surface area contributed by atoms with Gasteiger partial charge in [0.1, 0.15) is 6.61 Å². The molecule has 128 valence electrons. The Balaban J connectivity index is 2.07. The lowest BCUT2D eigenvalue weighted by Crippen LogP contribution is -2.47. The molecule has 0 saturated heterocycles. The number of hydrogen-bond acceptors (Lipinski definition) is 3. The smallest absolute Gasteiger partial charge is 0.253 e. The molecule has 0 spiro atoms. The second-order valence-corrected chi connectivity index (χ2v) is 6.50. The first-order chi connectivity index (χ1) is 11.3. The van der Waals surface area contributed by atoms with Crippen LogP contribution < -0.4 is 10.1 Å². The summed E-state index contributed by atoms with van der Waals surface area (Å²) < 4.78 is 32.0. The molecule has 4 nitrogen and oxygen atoms in total. The van der Waals surface area contributed by atoms with E-state index in [2.05, 4.69) is 10.3 Å². The van der Waals surface area contributed by atoms with Crippen LogP contribution in [0.1, 0.15) is 31.1 Å². The zero-order chi connectivity index (χ0) is 17.7. The maximum Gasteiger partial charge on any atom is 0.253 e. The molecule has 0 fully saturated rings. The van der Waals surface area contributed by atoms with E-state index >= 15 is 0 Å². The number of carbonyl (C=O) groups is 1. The van der Waals surface area contributed by atoms with Crippen LogP contribution in [0.15, 0.2) is 42.6 Å². The average Bonchev–Trinajstić information content (AvgIpc) is 2.52. The second-order valence-electron chi connectivity index (χ2n) is 6.50. The number of hydrogen-bond donors (Lipinski definition) is 1. The molecule has 0 saturated carbocycles. The normalized spacial score (nSPS) is 12.5. The number of amides is 1. The Kier molecular flexibility index (Phi) is 5.49. The van der Waals surface area contributed by atoms with Gasteiger partial charge in [0.2, 0.25) is 5.95 Å². The molecule has 0 bridgehead atoms. The molecular formula is C18H20F2N2O2. The summed E-state index contributed by atoms with van der Waals surface area (Å²) in [6.07, 6.45) is 1.17. The summed E-state index contributed by atoms with van der Waals surface area (Å²) in [5.74, 6) is -1.37. The van der Waals surface area contributed by atoms with E-state index in [1.807, 2.05) is 20.8 Å². The highest BCUT2D eigenvalue weighted by Crippen LogP contribution is 2.22. The van der Waals surface area contributed by atoms with Crippen LogP contribution >= 0.6 is 0 Å². The van der Waals surface area contributed by atoms with E-state index < -0.39 is 11.8 Å². The summed E-state index contributed by atoms with van der Waals surface area (Å²) in [5, 5.41) is 2.83. The van der Waals surface area contributed by atoms with Gasteiger partial charge >= 0.3 is 0 Å². The van der Waals surface area contributed by atoms with Gasteiger partial charge in [-0.1, -0.05) is 32.9 Å². The van der Waals surface area contributed by atoms with Crippen molar-refractivity contribution < 1.29 is 18.3 Å². The van der Waals surface area contributed by atoms with Gasteiger partial charge in [0.05, 0.1) is 11.6 Å². The van der Waals surface area contributed by atoms with Crippen LogP contribution in [-0.2, 0) is 0 Å². The Hall–Kier alpha value is -2.50. The minimum atomic E-state index is -0.651. The monoisotopic (exact) mass is 334 g/mol. The van der Waals surface area contributed by atoms with Crippen molar-refractivity contribution in [3.63, 3.8) is 0 Å². The predicted octanol–water partition coefficient (Wildman–Crippen LogP) is 3.58. The average molecular weight is 334 g/mol. The molecule has 24 heavy (non-hydrogen) atoms. The van der Waals surface area contributed by atoms with Crippen LogP contribution in [0.4, 0.5) is 8.78 Å². The van der Waals surface area contributed by atoms with Crippen molar-refractivity contribution >= 4 is 5.91 Å². The number of halogens is 2. The van der Waals surface area contributed by atoms with E-state index in [0.29, 0.717) is 0 Å². The minimum Gasteiger partial charge on any atom is -0.488 e. The summed E-state index contributed by atoms with van der Waals surface area (Å²) in [5.41, 5.74) is -0.0782. The minimum absolute atomic E-state index is 0.102. The SMILES string of the molecule is CC(C)(C)C(COc1ccccc1F)NC(=O)c1ccc(F)nc1. The van der Waals surface area contributed by atoms with E-state index in [1.165, 1.54) is 24.4 Å². The highest BCUT2D eigenvalue weighted by Gasteiger charge is 2.27. The Labute approximate surface area is 139 Å². The predicted molar refractivity (Wildman–Crippen MR) is 86.8 cm³/mol. The van der Waals surface area contributed by atoms with Gasteiger partial charge in [0.25, 0.3) is 5.91 Å². The lowest BCUT2D eigenvalue weighted by atomic mass is 9.87. The van der Waals surface area contributed by atoms with E-state index in [9.17, 15) is 13.6 Å². The molecule has 0 radical (unpaired) electrons. The van der Waals surface area contributed by atoms with Gasteiger partial charge in [-0.15, -0.1) is 0 Å². The van der Waals surface area contributed by atoms with Crippen LogP contribution in [-0.4, -0.2) is 23.5 Å². The fourth-order valence-electron chi connectivity index (χ4n) is 1.99. The molecule has 6 heteroatoms. The summed E-state index contributed by atoms with van der Waals surface area (Å²) in [4.78, 5) is 15.8. The van der Waals surface area contributed by atoms with Crippen molar-refractivity contribution in [1.29, 1.82) is 0 Å². The van der Waals surface area contributed by atoms with Crippen molar-refractivity contribution in [3.05, 3.63) is 59.9 Å². The van der Waals surface area contributed by atoms with Crippen LogP contribution in [0, 0.1) is 17.2 Å². The molecule has 1 aromatic heterocycles. The summed E-state index contributed by atoms with van der Waals surface area (Å²) >= 11 is 0. The molecule has 1 aromatic carbocycles. The number of nitrogens with zero attached hydrogens (tertiary/aromatic N) is 1. The van der Waals surface area contributed by atoms with Gasteiger partial charge in [-0.2, -0.15) is 4.39 Å². The van der Waals surface area contributed by atoms with Crippen molar-refractivity contribution in [3.8, 4) is 5.75 Å². The van der Waals surface area contributed by atoms with Gasteiger partial charge in [-0.25, -0.2) is 9.37 Å². The van der Waals surface area contributed by atoms with Crippen LogP contribution in [0.3, 0.4) is 0 Å². The summed E-state index contributed by atoms with van der Waals surface area (Å²) in [7, 11) is 0. The van der Waals surface area contributed by atoms with Gasteiger partial charge in [-0.05, 0) is 29.7 Å². The van der Waals surface area contributed by atoms with Gasteiger partial charge in [-0.3, -0.25) is 4.79 Å². The number of para-hydroxylation sites is 1. The zero-order valence-electron chi connectivity index (χ0n) is 13.8. The third kappa shape index (κ3) is 4.75. The number of benzene rings is 1. The maximum absolute atomic E-state index is 13.6. The molecule has 1 atom stereocenters. The molecule has 0 aliphatic heterocycles. The third-order valence-electron chi connectivity index (χ3n) is 3.58. The molecule has 1 heterocycles. The first-order valence-corrected chi connectivity index (χ1v) is 7.57. The Bertz CT molecular complexity index is 697. The highest BCUT2D eigenvalue weighted by atomic mass is 19.1. The van der Waals surface area contributed by atoms with Crippen molar-refractivity contribution in [2.45, 2.75) is 26.8 Å².